The van der Waals surface area contributed by atoms with Crippen LogP contribution in [0.4, 0.5) is 18.9 Å². The van der Waals surface area contributed by atoms with Crippen molar-refractivity contribution in [1.29, 1.82) is 0 Å². The molecule has 2 aromatic rings. The summed E-state index contributed by atoms with van der Waals surface area (Å²) in [7, 11) is 0. The quantitative estimate of drug-likeness (QED) is 0.762. The lowest BCUT2D eigenvalue weighted by molar-refractivity contribution is -0.137. The molecule has 0 saturated carbocycles. The second-order valence-electron chi connectivity index (χ2n) is 5.70. The summed E-state index contributed by atoms with van der Waals surface area (Å²) in [5, 5.41) is 2.34. The van der Waals surface area contributed by atoms with Crippen molar-refractivity contribution in [2.75, 3.05) is 18.4 Å². The molecule has 0 aliphatic heterocycles. The van der Waals surface area contributed by atoms with Gasteiger partial charge in [0.15, 0.2) is 0 Å². The maximum atomic E-state index is 12.8. The summed E-state index contributed by atoms with van der Waals surface area (Å²) in [4.78, 5) is 26.4. The SMILES string of the molecule is CCN(CC)C(=O)c1cccc(C(=O)Nc2cc(C(F)(F)F)ccc2Cl)c1. The number of alkyl halides is 3. The standard InChI is InChI=1S/C19H18ClF3N2O2/c1-3-25(4-2)18(27)13-7-5-6-12(10-13)17(26)24-16-11-14(19(21,22)23)8-9-15(16)20/h5-11H,3-4H2,1-2H3,(H,24,26). The maximum Gasteiger partial charge on any atom is 0.416 e. The van der Waals surface area contributed by atoms with Gasteiger partial charge in [0.25, 0.3) is 11.8 Å². The van der Waals surface area contributed by atoms with Crippen LogP contribution < -0.4 is 5.32 Å². The van der Waals surface area contributed by atoms with Gasteiger partial charge in [-0.25, -0.2) is 0 Å². The molecule has 2 aromatic carbocycles. The predicted octanol–water partition coefficient (Wildman–Crippen LogP) is 5.09. The van der Waals surface area contributed by atoms with E-state index in [1.165, 1.54) is 12.1 Å². The minimum absolute atomic E-state index is 0.0216. The van der Waals surface area contributed by atoms with Gasteiger partial charge in [-0.15, -0.1) is 0 Å². The zero-order valence-electron chi connectivity index (χ0n) is 14.7. The molecule has 2 amide bonds. The number of carbonyl (C=O) groups excluding carboxylic acids is 2. The van der Waals surface area contributed by atoms with E-state index in [-0.39, 0.29) is 22.2 Å². The second-order valence-corrected chi connectivity index (χ2v) is 6.11. The van der Waals surface area contributed by atoms with Crippen molar-refractivity contribution in [2.24, 2.45) is 0 Å². The Morgan fingerprint density at radius 2 is 1.67 bits per heavy atom. The third-order valence-electron chi connectivity index (χ3n) is 3.96. The first-order valence-electron chi connectivity index (χ1n) is 8.24. The van der Waals surface area contributed by atoms with Crippen molar-refractivity contribution in [2.45, 2.75) is 20.0 Å². The smallest absolute Gasteiger partial charge is 0.339 e. The fraction of sp³-hybridized carbons (Fsp3) is 0.263. The summed E-state index contributed by atoms with van der Waals surface area (Å²) >= 11 is 5.90. The van der Waals surface area contributed by atoms with Gasteiger partial charge in [0.05, 0.1) is 16.3 Å². The first-order valence-corrected chi connectivity index (χ1v) is 8.62. The van der Waals surface area contributed by atoms with E-state index in [2.05, 4.69) is 5.32 Å². The molecule has 0 bridgehead atoms. The van der Waals surface area contributed by atoms with Crippen molar-refractivity contribution >= 4 is 29.1 Å². The van der Waals surface area contributed by atoms with E-state index in [1.807, 2.05) is 13.8 Å². The molecule has 0 saturated heterocycles. The monoisotopic (exact) mass is 398 g/mol. The Hall–Kier alpha value is -2.54. The van der Waals surface area contributed by atoms with Crippen LogP contribution in [-0.2, 0) is 6.18 Å². The van der Waals surface area contributed by atoms with Crippen molar-refractivity contribution in [3.8, 4) is 0 Å². The van der Waals surface area contributed by atoms with Crippen LogP contribution in [-0.4, -0.2) is 29.8 Å². The van der Waals surface area contributed by atoms with Gasteiger partial charge in [0, 0.05) is 24.2 Å². The fourth-order valence-electron chi connectivity index (χ4n) is 2.48. The molecule has 1 N–H and O–H groups in total. The number of nitrogens with one attached hydrogen (secondary N) is 1. The van der Waals surface area contributed by atoms with Gasteiger partial charge in [0.2, 0.25) is 0 Å². The Balaban J connectivity index is 2.27. The molecule has 0 unspecified atom stereocenters. The molecular formula is C19H18ClF3N2O2. The number of hydrogen-bond acceptors (Lipinski definition) is 2. The number of amides is 2. The molecule has 144 valence electrons. The Bertz CT molecular complexity index is 849. The number of nitrogens with zero attached hydrogens (tertiary/aromatic N) is 1. The van der Waals surface area contributed by atoms with E-state index in [0.717, 1.165) is 18.2 Å². The third-order valence-corrected chi connectivity index (χ3v) is 4.29. The number of rotatable bonds is 5. The zero-order chi connectivity index (χ0) is 20.2. The van der Waals surface area contributed by atoms with Gasteiger partial charge in [-0.2, -0.15) is 13.2 Å². The first kappa shape index (κ1) is 20.8. The molecule has 0 radical (unpaired) electrons. The lowest BCUT2D eigenvalue weighted by Crippen LogP contribution is -2.30. The molecule has 8 heteroatoms. The molecular weight excluding hydrogens is 381 g/mol. The van der Waals surface area contributed by atoms with E-state index in [1.54, 1.807) is 17.0 Å². The van der Waals surface area contributed by atoms with Crippen LogP contribution in [0.5, 0.6) is 0 Å². The second kappa shape index (κ2) is 8.43. The van der Waals surface area contributed by atoms with E-state index < -0.39 is 17.6 Å². The Kier molecular flexibility index (Phi) is 6.49. The predicted molar refractivity (Wildman–Crippen MR) is 98.1 cm³/mol. The molecule has 0 heterocycles. The summed E-state index contributed by atoms with van der Waals surface area (Å²) < 4.78 is 38.5. The summed E-state index contributed by atoms with van der Waals surface area (Å²) in [5.41, 5.74) is -0.618. The van der Waals surface area contributed by atoms with Crippen LogP contribution in [0.3, 0.4) is 0 Å². The largest absolute Gasteiger partial charge is 0.416 e. The van der Waals surface area contributed by atoms with E-state index in [0.29, 0.717) is 18.7 Å². The Morgan fingerprint density at radius 3 is 2.26 bits per heavy atom. The Morgan fingerprint density at radius 1 is 1.04 bits per heavy atom. The number of halogens is 4. The van der Waals surface area contributed by atoms with Gasteiger partial charge in [-0.1, -0.05) is 17.7 Å². The van der Waals surface area contributed by atoms with Gasteiger partial charge in [-0.3, -0.25) is 9.59 Å². The highest BCUT2D eigenvalue weighted by atomic mass is 35.5. The Labute approximate surface area is 159 Å². The molecule has 0 aliphatic rings. The van der Waals surface area contributed by atoms with Crippen LogP contribution in [0.2, 0.25) is 5.02 Å². The summed E-state index contributed by atoms with van der Waals surface area (Å²) in [6.45, 7) is 4.72. The van der Waals surface area contributed by atoms with Crippen molar-refractivity contribution < 1.29 is 22.8 Å². The highest BCUT2D eigenvalue weighted by Crippen LogP contribution is 2.34. The van der Waals surface area contributed by atoms with Crippen molar-refractivity contribution in [3.63, 3.8) is 0 Å². The van der Waals surface area contributed by atoms with Crippen LogP contribution >= 0.6 is 11.6 Å². The van der Waals surface area contributed by atoms with Gasteiger partial charge in [0.1, 0.15) is 0 Å². The molecule has 2 rings (SSSR count). The van der Waals surface area contributed by atoms with E-state index in [4.69, 9.17) is 11.6 Å². The zero-order valence-corrected chi connectivity index (χ0v) is 15.5. The van der Waals surface area contributed by atoms with Crippen LogP contribution in [0, 0.1) is 0 Å². The summed E-state index contributed by atoms with van der Waals surface area (Å²) in [6, 6.07) is 8.66. The number of anilines is 1. The van der Waals surface area contributed by atoms with Crippen LogP contribution in [0.25, 0.3) is 0 Å². The maximum absolute atomic E-state index is 12.8. The topological polar surface area (TPSA) is 49.4 Å². The molecule has 27 heavy (non-hydrogen) atoms. The number of benzene rings is 2. The minimum Gasteiger partial charge on any atom is -0.339 e. The van der Waals surface area contributed by atoms with Crippen molar-refractivity contribution in [3.05, 3.63) is 64.2 Å². The average molecular weight is 399 g/mol. The average Bonchev–Trinajstić information content (AvgIpc) is 2.63. The van der Waals surface area contributed by atoms with E-state index >= 15 is 0 Å². The molecule has 0 spiro atoms. The molecule has 0 fully saturated rings. The first-order chi connectivity index (χ1) is 12.7. The lowest BCUT2D eigenvalue weighted by atomic mass is 10.1. The molecule has 0 aliphatic carbocycles. The van der Waals surface area contributed by atoms with Gasteiger partial charge >= 0.3 is 6.18 Å². The third kappa shape index (κ3) is 5.01. The fourth-order valence-corrected chi connectivity index (χ4v) is 2.64. The number of hydrogen-bond donors (Lipinski definition) is 1. The summed E-state index contributed by atoms with van der Waals surface area (Å²) in [6.07, 6.45) is -4.56. The minimum atomic E-state index is -4.56. The molecule has 0 atom stereocenters. The van der Waals surface area contributed by atoms with Gasteiger partial charge in [-0.05, 0) is 50.2 Å². The van der Waals surface area contributed by atoms with Crippen LogP contribution in [0.15, 0.2) is 42.5 Å². The highest BCUT2D eigenvalue weighted by Gasteiger charge is 2.31. The van der Waals surface area contributed by atoms with E-state index in [9.17, 15) is 22.8 Å². The lowest BCUT2D eigenvalue weighted by Gasteiger charge is -2.19. The summed E-state index contributed by atoms with van der Waals surface area (Å²) in [5.74, 6) is -0.892. The number of carbonyl (C=O) groups is 2. The van der Waals surface area contributed by atoms with Crippen molar-refractivity contribution in [1.82, 2.24) is 4.90 Å². The van der Waals surface area contributed by atoms with Crippen LogP contribution in [0.1, 0.15) is 40.1 Å². The molecule has 0 aromatic heterocycles. The molecule has 4 nitrogen and oxygen atoms in total. The van der Waals surface area contributed by atoms with Gasteiger partial charge < -0.3 is 10.2 Å². The normalized spacial score (nSPS) is 11.2. The highest BCUT2D eigenvalue weighted by molar-refractivity contribution is 6.34.